The van der Waals surface area contributed by atoms with Crippen LogP contribution in [0.5, 0.6) is 0 Å². The maximum absolute atomic E-state index is 5.49. The standard InChI is InChI=1S/C12H19N5OS/c1-3-9(2)19-7-11-15-12(18-16-11)10-6-17(5-4-13)8-14-10/h6,8-9H,3-5,7,13H2,1-2H3. The minimum Gasteiger partial charge on any atom is -0.335 e. The molecule has 0 aliphatic carbocycles. The van der Waals surface area contributed by atoms with Crippen LogP contribution in [0.25, 0.3) is 11.6 Å². The van der Waals surface area contributed by atoms with Gasteiger partial charge in [0.05, 0.1) is 12.1 Å². The van der Waals surface area contributed by atoms with E-state index in [1.165, 1.54) is 0 Å². The zero-order chi connectivity index (χ0) is 13.7. The Morgan fingerprint density at radius 1 is 1.53 bits per heavy atom. The molecule has 1 atom stereocenters. The summed E-state index contributed by atoms with van der Waals surface area (Å²) < 4.78 is 7.14. The van der Waals surface area contributed by atoms with E-state index in [-0.39, 0.29) is 0 Å². The van der Waals surface area contributed by atoms with E-state index in [1.807, 2.05) is 22.5 Å². The van der Waals surface area contributed by atoms with Crippen LogP contribution in [0.3, 0.4) is 0 Å². The molecule has 7 heteroatoms. The van der Waals surface area contributed by atoms with E-state index in [2.05, 4.69) is 29.0 Å². The topological polar surface area (TPSA) is 82.8 Å². The first-order valence-electron chi connectivity index (χ1n) is 6.39. The van der Waals surface area contributed by atoms with Crippen LogP contribution < -0.4 is 5.73 Å². The fourth-order valence-corrected chi connectivity index (χ4v) is 2.28. The van der Waals surface area contributed by atoms with Gasteiger partial charge in [0.25, 0.3) is 5.89 Å². The van der Waals surface area contributed by atoms with Gasteiger partial charge in [-0.05, 0) is 6.42 Å². The molecule has 19 heavy (non-hydrogen) atoms. The minimum absolute atomic E-state index is 0.468. The summed E-state index contributed by atoms with van der Waals surface area (Å²) in [4.78, 5) is 8.59. The Morgan fingerprint density at radius 2 is 2.37 bits per heavy atom. The van der Waals surface area contributed by atoms with E-state index in [4.69, 9.17) is 10.3 Å². The van der Waals surface area contributed by atoms with Crippen LogP contribution in [0.15, 0.2) is 17.0 Å². The largest absolute Gasteiger partial charge is 0.335 e. The Bertz CT molecular complexity index is 510. The minimum atomic E-state index is 0.468. The van der Waals surface area contributed by atoms with E-state index in [1.54, 1.807) is 6.33 Å². The fraction of sp³-hybridized carbons (Fsp3) is 0.583. The molecule has 0 fully saturated rings. The molecular formula is C12H19N5OS. The second kappa shape index (κ2) is 6.72. The lowest BCUT2D eigenvalue weighted by Crippen LogP contribution is -2.07. The molecule has 0 aromatic carbocycles. The molecule has 0 amide bonds. The SMILES string of the molecule is CCC(C)SCc1noc(-c2cn(CCN)cn2)n1. The highest BCUT2D eigenvalue weighted by Crippen LogP contribution is 2.20. The fourth-order valence-electron chi connectivity index (χ4n) is 1.49. The van der Waals surface area contributed by atoms with Crippen LogP contribution in [-0.4, -0.2) is 31.5 Å². The molecule has 0 aliphatic heterocycles. The first-order chi connectivity index (χ1) is 9.22. The summed E-state index contributed by atoms with van der Waals surface area (Å²) >= 11 is 1.82. The maximum Gasteiger partial charge on any atom is 0.278 e. The number of nitrogens with two attached hydrogens (primary N) is 1. The second-order valence-corrected chi connectivity index (χ2v) is 5.76. The molecule has 104 valence electrons. The van der Waals surface area contributed by atoms with Gasteiger partial charge in [0.2, 0.25) is 0 Å². The molecule has 0 saturated heterocycles. The predicted octanol–water partition coefficient (Wildman–Crippen LogP) is 1.92. The number of imidazole rings is 1. The average molecular weight is 281 g/mol. The molecule has 2 aromatic heterocycles. The molecule has 2 N–H and O–H groups in total. The molecule has 2 aromatic rings. The van der Waals surface area contributed by atoms with Crippen molar-refractivity contribution in [3.8, 4) is 11.6 Å². The van der Waals surface area contributed by atoms with E-state index < -0.39 is 0 Å². The highest BCUT2D eigenvalue weighted by Gasteiger charge is 2.12. The van der Waals surface area contributed by atoms with Gasteiger partial charge in [-0.1, -0.05) is 19.0 Å². The predicted molar refractivity (Wildman–Crippen MR) is 75.6 cm³/mol. The summed E-state index contributed by atoms with van der Waals surface area (Å²) in [6.07, 6.45) is 4.73. The van der Waals surface area contributed by atoms with Gasteiger partial charge in [0, 0.05) is 24.5 Å². The van der Waals surface area contributed by atoms with Crippen molar-refractivity contribution in [3.05, 3.63) is 18.3 Å². The third-order valence-electron chi connectivity index (χ3n) is 2.78. The molecule has 0 spiro atoms. The third kappa shape index (κ3) is 3.81. The second-order valence-electron chi connectivity index (χ2n) is 4.33. The number of nitrogens with zero attached hydrogens (tertiary/aromatic N) is 4. The zero-order valence-corrected chi connectivity index (χ0v) is 12.1. The van der Waals surface area contributed by atoms with Crippen molar-refractivity contribution >= 4 is 11.8 Å². The van der Waals surface area contributed by atoms with E-state index in [9.17, 15) is 0 Å². The lowest BCUT2D eigenvalue weighted by molar-refractivity contribution is 0.424. The van der Waals surface area contributed by atoms with Gasteiger partial charge in [-0.15, -0.1) is 0 Å². The highest BCUT2D eigenvalue weighted by atomic mass is 32.2. The molecule has 1 unspecified atom stereocenters. The smallest absolute Gasteiger partial charge is 0.278 e. The van der Waals surface area contributed by atoms with Crippen molar-refractivity contribution in [2.75, 3.05) is 6.54 Å². The number of thioether (sulfide) groups is 1. The van der Waals surface area contributed by atoms with E-state index in [0.29, 0.717) is 29.2 Å². The van der Waals surface area contributed by atoms with Crippen molar-refractivity contribution in [1.29, 1.82) is 0 Å². The van der Waals surface area contributed by atoms with Gasteiger partial charge in [-0.3, -0.25) is 0 Å². The molecule has 2 rings (SSSR count). The third-order valence-corrected chi connectivity index (χ3v) is 4.11. The normalized spacial score (nSPS) is 12.8. The first-order valence-corrected chi connectivity index (χ1v) is 7.44. The van der Waals surface area contributed by atoms with Gasteiger partial charge in [0.15, 0.2) is 5.82 Å². The van der Waals surface area contributed by atoms with Crippen molar-refractivity contribution < 1.29 is 4.52 Å². The Balaban J connectivity index is 1.99. The molecule has 0 saturated carbocycles. The van der Waals surface area contributed by atoms with Crippen LogP contribution in [0, 0.1) is 0 Å². The Hall–Kier alpha value is -1.34. The lowest BCUT2D eigenvalue weighted by atomic mass is 10.4. The van der Waals surface area contributed by atoms with Gasteiger partial charge in [-0.25, -0.2) is 4.98 Å². The molecular weight excluding hydrogens is 262 g/mol. The highest BCUT2D eigenvalue weighted by molar-refractivity contribution is 7.99. The molecule has 2 heterocycles. The number of hydrogen-bond donors (Lipinski definition) is 1. The van der Waals surface area contributed by atoms with E-state index in [0.717, 1.165) is 18.7 Å². The Labute approximate surface area is 116 Å². The number of hydrogen-bond acceptors (Lipinski definition) is 6. The van der Waals surface area contributed by atoms with Crippen molar-refractivity contribution in [2.45, 2.75) is 37.8 Å². The molecule has 0 aliphatic rings. The maximum atomic E-state index is 5.49. The zero-order valence-electron chi connectivity index (χ0n) is 11.2. The summed E-state index contributed by atoms with van der Waals surface area (Å²) in [6, 6.07) is 0. The summed E-state index contributed by atoms with van der Waals surface area (Å²) in [5, 5.41) is 4.58. The summed E-state index contributed by atoms with van der Waals surface area (Å²) in [5.41, 5.74) is 6.19. The summed E-state index contributed by atoms with van der Waals surface area (Å²) in [5.74, 6) is 1.95. The number of rotatable bonds is 7. The van der Waals surface area contributed by atoms with Crippen LogP contribution in [0.4, 0.5) is 0 Å². The van der Waals surface area contributed by atoms with Gasteiger partial charge < -0.3 is 14.8 Å². The van der Waals surface area contributed by atoms with Crippen molar-refractivity contribution in [1.82, 2.24) is 19.7 Å². The summed E-state index contributed by atoms with van der Waals surface area (Å²) in [6.45, 7) is 5.68. The lowest BCUT2D eigenvalue weighted by Gasteiger charge is -2.04. The van der Waals surface area contributed by atoms with Crippen LogP contribution in [0.2, 0.25) is 0 Å². The van der Waals surface area contributed by atoms with Crippen LogP contribution in [0.1, 0.15) is 26.1 Å². The number of aromatic nitrogens is 4. The molecule has 6 nitrogen and oxygen atoms in total. The van der Waals surface area contributed by atoms with Gasteiger partial charge in [-0.2, -0.15) is 16.7 Å². The van der Waals surface area contributed by atoms with E-state index >= 15 is 0 Å². The van der Waals surface area contributed by atoms with Crippen LogP contribution >= 0.6 is 11.8 Å². The van der Waals surface area contributed by atoms with Gasteiger partial charge >= 0.3 is 0 Å². The Morgan fingerprint density at radius 3 is 3.11 bits per heavy atom. The van der Waals surface area contributed by atoms with Crippen molar-refractivity contribution in [2.24, 2.45) is 5.73 Å². The van der Waals surface area contributed by atoms with Crippen molar-refractivity contribution in [3.63, 3.8) is 0 Å². The van der Waals surface area contributed by atoms with Gasteiger partial charge in [0.1, 0.15) is 5.69 Å². The molecule has 0 radical (unpaired) electrons. The first kappa shape index (κ1) is 14.1. The summed E-state index contributed by atoms with van der Waals surface area (Å²) in [7, 11) is 0. The average Bonchev–Trinajstić information content (AvgIpc) is 3.05. The molecule has 0 bridgehead atoms. The Kier molecular flexibility index (Phi) is 4.98. The van der Waals surface area contributed by atoms with Crippen LogP contribution in [-0.2, 0) is 12.3 Å². The monoisotopic (exact) mass is 281 g/mol. The quantitative estimate of drug-likeness (QED) is 0.835.